The molecule has 2 aliphatic rings. The van der Waals surface area contributed by atoms with Crippen LogP contribution in [0.5, 0.6) is 5.75 Å². The monoisotopic (exact) mass is 490 g/mol. The molecule has 0 unspecified atom stereocenters. The molecule has 5 rings (SSSR count). The maximum atomic E-state index is 13.6. The number of nitrogens with zero attached hydrogens (tertiary/aromatic N) is 4. The lowest BCUT2D eigenvalue weighted by atomic mass is 10.1. The largest absolute Gasteiger partial charge is 0.493 e. The molecular weight excluding hydrogens is 464 g/mol. The van der Waals surface area contributed by atoms with Crippen LogP contribution in [0.15, 0.2) is 54.0 Å². The summed E-state index contributed by atoms with van der Waals surface area (Å²) in [6.45, 7) is 5.15. The molecule has 0 atom stereocenters. The van der Waals surface area contributed by atoms with Crippen LogP contribution in [0.4, 0.5) is 5.13 Å². The summed E-state index contributed by atoms with van der Waals surface area (Å²) in [5.74, 6) is -0.243. The lowest BCUT2D eigenvalue weighted by molar-refractivity contribution is 0.0642. The third-order valence-electron chi connectivity index (χ3n) is 6.27. The number of rotatable bonds is 6. The Balaban J connectivity index is 1.36. The SMILES string of the molecule is CCOc1ccc(CN2C(=O)c3ccccc3C2=O)cc1C(=O)N1CCCN(c2nccs2)CC1. The first kappa shape index (κ1) is 23.0. The number of fused-ring (bicyclic) bond motifs is 1. The van der Waals surface area contributed by atoms with Gasteiger partial charge in [0.1, 0.15) is 5.75 Å². The van der Waals surface area contributed by atoms with Gasteiger partial charge in [-0.15, -0.1) is 11.3 Å². The summed E-state index contributed by atoms with van der Waals surface area (Å²) < 4.78 is 5.76. The van der Waals surface area contributed by atoms with Crippen molar-refractivity contribution in [2.75, 3.05) is 37.7 Å². The third kappa shape index (κ3) is 4.51. The van der Waals surface area contributed by atoms with Crippen molar-refractivity contribution < 1.29 is 19.1 Å². The highest BCUT2D eigenvalue weighted by atomic mass is 32.1. The molecule has 1 aromatic heterocycles. The quantitative estimate of drug-likeness (QED) is 0.490. The number of carbonyl (C=O) groups excluding carboxylic acids is 3. The van der Waals surface area contributed by atoms with E-state index in [1.54, 1.807) is 60.0 Å². The smallest absolute Gasteiger partial charge is 0.261 e. The molecule has 0 aliphatic carbocycles. The van der Waals surface area contributed by atoms with Crippen molar-refractivity contribution >= 4 is 34.2 Å². The van der Waals surface area contributed by atoms with Gasteiger partial charge >= 0.3 is 0 Å². The van der Waals surface area contributed by atoms with Crippen LogP contribution < -0.4 is 9.64 Å². The van der Waals surface area contributed by atoms with Crippen molar-refractivity contribution in [1.29, 1.82) is 0 Å². The zero-order valence-corrected chi connectivity index (χ0v) is 20.3. The van der Waals surface area contributed by atoms with Gasteiger partial charge in [-0.25, -0.2) is 4.98 Å². The Morgan fingerprint density at radius 1 is 1.03 bits per heavy atom. The molecule has 2 aliphatic heterocycles. The molecule has 35 heavy (non-hydrogen) atoms. The van der Waals surface area contributed by atoms with Gasteiger partial charge in [0.15, 0.2) is 5.13 Å². The highest BCUT2D eigenvalue weighted by molar-refractivity contribution is 7.13. The number of thiazole rings is 1. The lowest BCUT2D eigenvalue weighted by Gasteiger charge is -2.23. The summed E-state index contributed by atoms with van der Waals surface area (Å²) in [6, 6.07) is 12.1. The van der Waals surface area contributed by atoms with E-state index in [1.165, 1.54) is 4.90 Å². The number of benzene rings is 2. The minimum Gasteiger partial charge on any atom is -0.493 e. The van der Waals surface area contributed by atoms with Gasteiger partial charge in [0.05, 0.1) is 29.8 Å². The molecule has 0 N–H and O–H groups in total. The minimum absolute atomic E-state index is 0.0941. The second-order valence-electron chi connectivity index (χ2n) is 8.45. The fourth-order valence-corrected chi connectivity index (χ4v) is 5.24. The summed E-state index contributed by atoms with van der Waals surface area (Å²) in [5, 5.41) is 2.93. The number of amides is 3. The molecule has 0 saturated carbocycles. The Morgan fingerprint density at radius 2 is 1.80 bits per heavy atom. The van der Waals surface area contributed by atoms with Gasteiger partial charge in [-0.2, -0.15) is 0 Å². The van der Waals surface area contributed by atoms with E-state index in [2.05, 4.69) is 9.88 Å². The van der Waals surface area contributed by atoms with E-state index in [1.807, 2.05) is 17.2 Å². The first-order chi connectivity index (χ1) is 17.1. The number of ether oxygens (including phenoxy) is 1. The molecule has 0 bridgehead atoms. The topological polar surface area (TPSA) is 83.0 Å². The van der Waals surface area contributed by atoms with Gasteiger partial charge in [-0.3, -0.25) is 19.3 Å². The minimum atomic E-state index is -0.317. The van der Waals surface area contributed by atoms with Crippen molar-refractivity contribution in [2.24, 2.45) is 0 Å². The molecular formula is C26H26N4O4S. The van der Waals surface area contributed by atoms with Crippen LogP contribution in [0.1, 0.15) is 50.0 Å². The maximum absolute atomic E-state index is 13.6. The number of imide groups is 1. The van der Waals surface area contributed by atoms with Crippen LogP contribution in [-0.4, -0.2) is 65.3 Å². The Hall–Kier alpha value is -3.72. The third-order valence-corrected chi connectivity index (χ3v) is 7.10. The van der Waals surface area contributed by atoms with E-state index in [-0.39, 0.29) is 24.3 Å². The Kier molecular flexibility index (Phi) is 6.50. The fraction of sp³-hybridized carbons (Fsp3) is 0.308. The van der Waals surface area contributed by atoms with E-state index in [9.17, 15) is 14.4 Å². The van der Waals surface area contributed by atoms with E-state index in [4.69, 9.17) is 4.74 Å². The van der Waals surface area contributed by atoms with Crippen LogP contribution >= 0.6 is 11.3 Å². The van der Waals surface area contributed by atoms with Crippen LogP contribution in [-0.2, 0) is 6.54 Å². The van der Waals surface area contributed by atoms with Crippen LogP contribution in [0, 0.1) is 0 Å². The zero-order chi connectivity index (χ0) is 24.4. The van der Waals surface area contributed by atoms with Crippen molar-refractivity contribution in [3.05, 3.63) is 76.3 Å². The lowest BCUT2D eigenvalue weighted by Crippen LogP contribution is -2.35. The van der Waals surface area contributed by atoms with Gasteiger partial charge in [0.25, 0.3) is 17.7 Å². The summed E-state index contributed by atoms with van der Waals surface area (Å²) in [6.07, 6.45) is 2.63. The van der Waals surface area contributed by atoms with E-state index < -0.39 is 0 Å². The Labute approximate surface area is 207 Å². The number of anilines is 1. The summed E-state index contributed by atoms with van der Waals surface area (Å²) in [7, 11) is 0. The summed E-state index contributed by atoms with van der Waals surface area (Å²) in [4.78, 5) is 48.9. The zero-order valence-electron chi connectivity index (χ0n) is 19.5. The Bertz CT molecular complexity index is 1220. The normalized spacial score (nSPS) is 15.9. The molecule has 8 nitrogen and oxygen atoms in total. The molecule has 3 heterocycles. The number of aromatic nitrogens is 1. The number of hydrogen-bond donors (Lipinski definition) is 0. The summed E-state index contributed by atoms with van der Waals surface area (Å²) in [5.41, 5.74) is 1.97. The van der Waals surface area contributed by atoms with Gasteiger partial charge in [0.2, 0.25) is 0 Å². The molecule has 2 aromatic carbocycles. The maximum Gasteiger partial charge on any atom is 0.261 e. The fourth-order valence-electron chi connectivity index (χ4n) is 4.54. The van der Waals surface area contributed by atoms with Crippen molar-refractivity contribution in [1.82, 2.24) is 14.8 Å². The van der Waals surface area contributed by atoms with Crippen molar-refractivity contribution in [2.45, 2.75) is 19.9 Å². The molecule has 3 aromatic rings. The predicted molar refractivity (Wildman–Crippen MR) is 133 cm³/mol. The van der Waals surface area contributed by atoms with E-state index in [0.717, 1.165) is 18.1 Å². The summed E-state index contributed by atoms with van der Waals surface area (Å²) >= 11 is 1.60. The van der Waals surface area contributed by atoms with Crippen LogP contribution in [0.3, 0.4) is 0 Å². The molecule has 3 amide bonds. The van der Waals surface area contributed by atoms with E-state index >= 15 is 0 Å². The van der Waals surface area contributed by atoms with Gasteiger partial charge in [-0.1, -0.05) is 18.2 Å². The molecule has 1 fully saturated rings. The van der Waals surface area contributed by atoms with Gasteiger partial charge in [-0.05, 0) is 43.2 Å². The first-order valence-corrected chi connectivity index (χ1v) is 12.6. The molecule has 1 saturated heterocycles. The molecule has 0 radical (unpaired) electrons. The molecule has 9 heteroatoms. The number of hydrogen-bond acceptors (Lipinski definition) is 7. The Morgan fingerprint density at radius 3 is 2.49 bits per heavy atom. The van der Waals surface area contributed by atoms with Gasteiger partial charge < -0.3 is 14.5 Å². The van der Waals surface area contributed by atoms with Crippen LogP contribution in [0.2, 0.25) is 0 Å². The predicted octanol–water partition coefficient (Wildman–Crippen LogP) is 3.69. The van der Waals surface area contributed by atoms with E-state index in [0.29, 0.717) is 54.2 Å². The van der Waals surface area contributed by atoms with Crippen molar-refractivity contribution in [3.63, 3.8) is 0 Å². The molecule has 180 valence electrons. The standard InChI is InChI=1S/C26H26N4O4S/c1-2-34-22-9-8-18(17-30-24(32)19-6-3-4-7-20(19)25(30)33)16-21(22)23(31)28-11-5-12-29(14-13-28)26-27-10-15-35-26/h3-4,6-10,15-16H,2,5,11-14,17H2,1H3. The highest BCUT2D eigenvalue weighted by Gasteiger charge is 2.35. The molecule has 0 spiro atoms. The average Bonchev–Trinajstić information content (AvgIpc) is 3.40. The van der Waals surface area contributed by atoms with Crippen molar-refractivity contribution in [3.8, 4) is 5.75 Å². The average molecular weight is 491 g/mol. The number of carbonyl (C=O) groups is 3. The van der Waals surface area contributed by atoms with Crippen LogP contribution in [0.25, 0.3) is 0 Å². The second kappa shape index (κ2) is 9.87. The van der Waals surface area contributed by atoms with Gasteiger partial charge in [0, 0.05) is 37.8 Å². The second-order valence-corrected chi connectivity index (χ2v) is 9.33. The first-order valence-electron chi connectivity index (χ1n) is 11.7. The highest BCUT2D eigenvalue weighted by Crippen LogP contribution is 2.28.